The minimum absolute atomic E-state index is 0.119. The molecule has 4 heterocycles. The summed E-state index contributed by atoms with van der Waals surface area (Å²) < 4.78 is 33.6. The van der Waals surface area contributed by atoms with Crippen LogP contribution in [-0.2, 0) is 18.4 Å². The first kappa shape index (κ1) is 28.8. The van der Waals surface area contributed by atoms with Crippen molar-refractivity contribution >= 4 is 60.8 Å². The molecule has 6 rings (SSSR count). The molecule has 0 saturated heterocycles. The molecule has 0 unspecified atom stereocenters. The van der Waals surface area contributed by atoms with Crippen LogP contribution in [-0.4, -0.2) is 57.1 Å². The molecule has 220 valence electrons. The van der Waals surface area contributed by atoms with Crippen molar-refractivity contribution in [2.24, 2.45) is 7.05 Å². The van der Waals surface area contributed by atoms with Gasteiger partial charge in [-0.3, -0.25) is 13.9 Å². The van der Waals surface area contributed by atoms with E-state index in [0.717, 1.165) is 43.4 Å². The molecule has 2 atom stereocenters. The number of fused-ring (bicyclic) bond motifs is 3. The van der Waals surface area contributed by atoms with Crippen molar-refractivity contribution in [1.82, 2.24) is 24.3 Å². The summed E-state index contributed by atoms with van der Waals surface area (Å²) in [7, 11) is -1.66. The Bertz CT molecular complexity index is 1820. The van der Waals surface area contributed by atoms with Crippen LogP contribution in [0.1, 0.15) is 47.9 Å². The van der Waals surface area contributed by atoms with Crippen LogP contribution in [0, 0.1) is 6.92 Å². The Balaban J connectivity index is 1.46. The molecule has 42 heavy (non-hydrogen) atoms. The van der Waals surface area contributed by atoms with E-state index in [9.17, 15) is 19.0 Å². The Hall–Kier alpha value is -3.26. The summed E-state index contributed by atoms with van der Waals surface area (Å²) in [5.74, 6) is -1.25. The van der Waals surface area contributed by atoms with Crippen molar-refractivity contribution in [1.29, 1.82) is 0 Å². The molecule has 0 spiro atoms. The van der Waals surface area contributed by atoms with Crippen LogP contribution in [0.2, 0.25) is 5.15 Å². The number of hydrogen-bond donors (Lipinski definition) is 3. The zero-order valence-corrected chi connectivity index (χ0v) is 25.6. The highest BCUT2D eigenvalue weighted by atomic mass is 35.5. The SMILES string of the molecule is CC[C@@H]1CN(Cc2cc([C@H](CC(=O)O)c3ccc4c(nnn4C)c3C)cc3ccsc23)S(O)(O)c2ccc(Cl)nc2O1. The van der Waals surface area contributed by atoms with Gasteiger partial charge < -0.3 is 9.84 Å². The third kappa shape index (κ3) is 5.12. The van der Waals surface area contributed by atoms with Gasteiger partial charge in [-0.05, 0) is 76.7 Å². The number of thiophene rings is 1. The summed E-state index contributed by atoms with van der Waals surface area (Å²) in [5.41, 5.74) is 5.04. The third-order valence-electron chi connectivity index (χ3n) is 7.82. The Morgan fingerprint density at radius 1 is 1.24 bits per heavy atom. The van der Waals surface area contributed by atoms with Crippen molar-refractivity contribution in [3.8, 4) is 5.88 Å². The number of ether oxygens (including phenoxy) is 1. The lowest BCUT2D eigenvalue weighted by Crippen LogP contribution is -2.34. The van der Waals surface area contributed by atoms with E-state index in [0.29, 0.717) is 6.42 Å². The number of aliphatic carboxylic acids is 1. The molecule has 0 saturated carbocycles. The quantitative estimate of drug-likeness (QED) is 0.166. The van der Waals surface area contributed by atoms with Gasteiger partial charge in [0.1, 0.15) is 21.7 Å². The van der Waals surface area contributed by atoms with Crippen LogP contribution in [0.5, 0.6) is 5.88 Å². The summed E-state index contributed by atoms with van der Waals surface area (Å²) >= 11 is 7.66. The number of nitrogens with zero attached hydrogens (tertiary/aromatic N) is 5. The van der Waals surface area contributed by atoms with E-state index >= 15 is 0 Å². The second kappa shape index (κ2) is 11.1. The first-order chi connectivity index (χ1) is 20.1. The molecule has 0 aliphatic carbocycles. The predicted molar refractivity (Wildman–Crippen MR) is 165 cm³/mol. The maximum absolute atomic E-state index is 12.2. The van der Waals surface area contributed by atoms with Gasteiger partial charge in [0.2, 0.25) is 5.88 Å². The van der Waals surface area contributed by atoms with E-state index in [1.165, 1.54) is 6.07 Å². The van der Waals surface area contributed by atoms with E-state index in [-0.39, 0.29) is 41.5 Å². The molecule has 3 N–H and O–H groups in total. The topological polar surface area (TPSA) is 134 Å². The van der Waals surface area contributed by atoms with Crippen LogP contribution in [0.25, 0.3) is 21.1 Å². The normalized spacial score (nSPS) is 18.4. The summed E-state index contributed by atoms with van der Waals surface area (Å²) in [5, 5.41) is 21.6. The lowest BCUT2D eigenvalue weighted by Gasteiger charge is -2.41. The Morgan fingerprint density at radius 3 is 2.81 bits per heavy atom. The maximum Gasteiger partial charge on any atom is 0.304 e. The average Bonchev–Trinajstić information content (AvgIpc) is 3.55. The predicted octanol–water partition coefficient (Wildman–Crippen LogP) is 6.84. The molecule has 0 fully saturated rings. The number of aromatic nitrogens is 4. The molecular formula is C29H30ClN5O5S2. The molecular weight excluding hydrogens is 598 g/mol. The smallest absolute Gasteiger partial charge is 0.304 e. The van der Waals surface area contributed by atoms with Gasteiger partial charge in [-0.25, -0.2) is 4.68 Å². The standard InChI is InChI=1S/C29H30ClN5O5S2/c1-4-20-15-35(42(38,39)24-7-8-25(30)31-29(24)40-20)14-19-12-18(11-17-9-10-41-28(17)19)22(13-26(36)37)21-5-6-23-27(16(21)2)32-33-34(23)3/h5-12,20,22,38-39H,4,13-15H2,1-3H3,(H,36,37)/t20-,22+/m1/s1. The Labute approximate surface area is 253 Å². The van der Waals surface area contributed by atoms with Crippen LogP contribution in [0.4, 0.5) is 0 Å². The highest BCUT2D eigenvalue weighted by Gasteiger charge is 2.36. The van der Waals surface area contributed by atoms with Gasteiger partial charge in [0, 0.05) is 24.2 Å². The summed E-state index contributed by atoms with van der Waals surface area (Å²) in [6.07, 6.45) is 0.164. The number of carboxylic acids is 1. The van der Waals surface area contributed by atoms with Gasteiger partial charge in [0.05, 0.1) is 18.5 Å². The fourth-order valence-corrected chi connectivity index (χ4v) is 8.21. The minimum atomic E-state index is -3.48. The average molecular weight is 628 g/mol. The van der Waals surface area contributed by atoms with Crippen LogP contribution in [0.3, 0.4) is 0 Å². The lowest BCUT2D eigenvalue weighted by molar-refractivity contribution is -0.137. The molecule has 0 bridgehead atoms. The van der Waals surface area contributed by atoms with Gasteiger partial charge in [0.25, 0.3) is 0 Å². The summed E-state index contributed by atoms with van der Waals surface area (Å²) in [6, 6.07) is 13.0. The Kier molecular flexibility index (Phi) is 7.62. The van der Waals surface area contributed by atoms with Gasteiger partial charge in [-0.15, -0.1) is 27.2 Å². The zero-order chi connectivity index (χ0) is 29.8. The first-order valence-electron chi connectivity index (χ1n) is 13.4. The van der Waals surface area contributed by atoms with Crippen LogP contribution >= 0.6 is 33.7 Å². The number of carboxylic acid groups (broad SMARTS) is 1. The first-order valence-corrected chi connectivity index (χ1v) is 16.2. The van der Waals surface area contributed by atoms with Gasteiger partial charge in [-0.2, -0.15) is 9.29 Å². The fourth-order valence-electron chi connectivity index (χ4n) is 5.63. The van der Waals surface area contributed by atoms with E-state index in [1.54, 1.807) is 26.4 Å². The highest BCUT2D eigenvalue weighted by Crippen LogP contribution is 2.57. The molecule has 1 aliphatic heterocycles. The summed E-state index contributed by atoms with van der Waals surface area (Å²) in [6.45, 7) is 4.37. The van der Waals surface area contributed by atoms with Gasteiger partial charge >= 0.3 is 5.97 Å². The number of pyridine rings is 1. The second-order valence-corrected chi connectivity index (χ2v) is 13.8. The molecule has 3 aromatic heterocycles. The van der Waals surface area contributed by atoms with Gasteiger partial charge in [0.15, 0.2) is 0 Å². The molecule has 2 aromatic carbocycles. The van der Waals surface area contributed by atoms with Crippen LogP contribution in [0.15, 0.2) is 52.7 Å². The van der Waals surface area contributed by atoms with E-state index in [1.807, 2.05) is 56.6 Å². The number of rotatable bonds is 7. The minimum Gasteiger partial charge on any atom is -0.481 e. The van der Waals surface area contributed by atoms with E-state index in [2.05, 4.69) is 15.3 Å². The van der Waals surface area contributed by atoms with Crippen molar-refractivity contribution in [2.75, 3.05) is 6.54 Å². The van der Waals surface area contributed by atoms with Crippen LogP contribution < -0.4 is 4.74 Å². The summed E-state index contributed by atoms with van der Waals surface area (Å²) in [4.78, 5) is 16.6. The second-order valence-electron chi connectivity index (χ2n) is 10.5. The van der Waals surface area contributed by atoms with Crippen molar-refractivity contribution in [3.63, 3.8) is 0 Å². The molecule has 13 heteroatoms. The highest BCUT2D eigenvalue weighted by molar-refractivity contribution is 8.22. The molecule has 0 radical (unpaired) electrons. The van der Waals surface area contributed by atoms with Crippen molar-refractivity contribution in [3.05, 3.63) is 75.3 Å². The van der Waals surface area contributed by atoms with E-state index in [4.69, 9.17) is 16.3 Å². The largest absolute Gasteiger partial charge is 0.481 e. The van der Waals surface area contributed by atoms with E-state index < -0.39 is 22.7 Å². The number of carbonyl (C=O) groups is 1. The van der Waals surface area contributed by atoms with Gasteiger partial charge in [-0.1, -0.05) is 35.9 Å². The molecule has 10 nitrogen and oxygen atoms in total. The maximum atomic E-state index is 12.2. The Morgan fingerprint density at radius 2 is 2.05 bits per heavy atom. The van der Waals surface area contributed by atoms with Crippen molar-refractivity contribution < 1.29 is 23.7 Å². The molecule has 0 amide bonds. The fraction of sp³-hybridized carbons (Fsp3) is 0.310. The monoisotopic (exact) mass is 627 g/mol. The zero-order valence-electron chi connectivity index (χ0n) is 23.2. The van der Waals surface area contributed by atoms with Crippen molar-refractivity contribution in [2.45, 2.75) is 50.2 Å². The number of aryl methyl sites for hydroxylation is 2. The number of hydrogen-bond acceptors (Lipinski definition) is 9. The third-order valence-corrected chi connectivity index (χ3v) is 10.9. The number of benzene rings is 2. The number of halogens is 1. The molecule has 1 aliphatic rings. The lowest BCUT2D eigenvalue weighted by atomic mass is 9.84. The molecule has 5 aromatic rings.